The summed E-state index contributed by atoms with van der Waals surface area (Å²) in [5.41, 5.74) is 0.327. The maximum absolute atomic E-state index is 11.6. The molecule has 0 spiro atoms. The maximum atomic E-state index is 11.6. The molecule has 1 aromatic carbocycles. The molecular weight excluding hydrogens is 259 g/mol. The first-order valence-corrected chi connectivity index (χ1v) is 6.17. The van der Waals surface area contributed by atoms with E-state index in [1.807, 2.05) is 0 Å². The van der Waals surface area contributed by atoms with Gasteiger partial charge in [0.2, 0.25) is 0 Å². The summed E-state index contributed by atoms with van der Waals surface area (Å²) in [7, 11) is -3.68. The predicted molar refractivity (Wildman–Crippen MR) is 60.4 cm³/mol. The predicted octanol–water partition coefficient (Wildman–Crippen LogP) is 2.53. The Labute approximate surface area is 97.0 Å². The number of fused-ring (bicyclic) bond motifs is 1. The molecule has 0 unspecified atom stereocenters. The van der Waals surface area contributed by atoms with Crippen LogP contribution >= 0.6 is 23.2 Å². The summed E-state index contributed by atoms with van der Waals surface area (Å²) in [6, 6.07) is 2.80. The van der Waals surface area contributed by atoms with Crippen LogP contribution < -0.4 is 5.32 Å². The number of nitrogens with zero attached hydrogens (tertiary/aromatic N) is 1. The highest BCUT2D eigenvalue weighted by Gasteiger charge is 2.25. The molecule has 1 heterocycles. The van der Waals surface area contributed by atoms with Crippen LogP contribution in [0.1, 0.15) is 6.92 Å². The molecule has 80 valence electrons. The molecule has 1 N–H and O–H groups in total. The third-order valence-corrected chi connectivity index (χ3v) is 3.77. The first kappa shape index (κ1) is 10.7. The van der Waals surface area contributed by atoms with Crippen LogP contribution in [0.2, 0.25) is 10.0 Å². The third kappa shape index (κ3) is 1.82. The minimum atomic E-state index is -3.68. The van der Waals surface area contributed by atoms with Crippen molar-refractivity contribution in [3.05, 3.63) is 22.2 Å². The van der Waals surface area contributed by atoms with Gasteiger partial charge in [0.25, 0.3) is 10.0 Å². The number of hydrogen-bond donors (Lipinski definition) is 1. The highest BCUT2D eigenvalue weighted by molar-refractivity contribution is 7.90. The summed E-state index contributed by atoms with van der Waals surface area (Å²) in [6.45, 7) is 1.55. The van der Waals surface area contributed by atoms with Gasteiger partial charge >= 0.3 is 0 Å². The number of benzene rings is 1. The van der Waals surface area contributed by atoms with Gasteiger partial charge in [-0.3, -0.25) is 0 Å². The second-order valence-electron chi connectivity index (χ2n) is 3.04. The van der Waals surface area contributed by atoms with E-state index in [9.17, 15) is 8.42 Å². The van der Waals surface area contributed by atoms with E-state index in [-0.39, 0.29) is 20.8 Å². The highest BCUT2D eigenvalue weighted by Crippen LogP contribution is 2.36. The second-order valence-corrected chi connectivity index (χ2v) is 5.45. The molecule has 15 heavy (non-hydrogen) atoms. The van der Waals surface area contributed by atoms with E-state index in [4.69, 9.17) is 23.2 Å². The Morgan fingerprint density at radius 2 is 2.00 bits per heavy atom. The van der Waals surface area contributed by atoms with E-state index in [2.05, 4.69) is 9.71 Å². The van der Waals surface area contributed by atoms with Crippen molar-refractivity contribution in [2.24, 2.45) is 4.40 Å². The van der Waals surface area contributed by atoms with Gasteiger partial charge in [-0.05, 0) is 19.1 Å². The molecular formula is C8H6Cl2N2O2S. The van der Waals surface area contributed by atoms with Gasteiger partial charge in [0.15, 0.2) is 0 Å². The SMILES string of the molecule is CC1=NS(=O)(=O)c2cc(Cl)cc(Cl)c2N1. The van der Waals surface area contributed by atoms with Gasteiger partial charge in [0.05, 0.1) is 10.7 Å². The lowest BCUT2D eigenvalue weighted by molar-refractivity contribution is 0.598. The van der Waals surface area contributed by atoms with Crippen LogP contribution in [0.25, 0.3) is 0 Å². The summed E-state index contributed by atoms with van der Waals surface area (Å²) in [4.78, 5) is 0.00519. The van der Waals surface area contributed by atoms with E-state index < -0.39 is 10.0 Å². The normalized spacial score (nSPS) is 17.7. The van der Waals surface area contributed by atoms with Gasteiger partial charge in [0.1, 0.15) is 10.7 Å². The zero-order chi connectivity index (χ0) is 11.2. The molecule has 0 amide bonds. The fourth-order valence-electron chi connectivity index (χ4n) is 1.31. The molecule has 4 nitrogen and oxygen atoms in total. The van der Waals surface area contributed by atoms with Gasteiger partial charge in [-0.25, -0.2) is 0 Å². The number of anilines is 1. The van der Waals surface area contributed by atoms with Crippen molar-refractivity contribution in [2.75, 3.05) is 5.32 Å². The van der Waals surface area contributed by atoms with Crippen molar-refractivity contribution in [1.29, 1.82) is 0 Å². The van der Waals surface area contributed by atoms with E-state index in [0.717, 1.165) is 0 Å². The van der Waals surface area contributed by atoms with E-state index in [1.54, 1.807) is 6.92 Å². The molecule has 0 atom stereocenters. The van der Waals surface area contributed by atoms with Gasteiger partial charge in [-0.2, -0.15) is 8.42 Å². The molecule has 1 aliphatic heterocycles. The van der Waals surface area contributed by atoms with Crippen LogP contribution in [0.15, 0.2) is 21.4 Å². The second kappa shape index (κ2) is 3.37. The Morgan fingerprint density at radius 1 is 1.33 bits per heavy atom. The molecule has 0 bridgehead atoms. The number of rotatable bonds is 0. The van der Waals surface area contributed by atoms with Crippen molar-refractivity contribution >= 4 is 44.7 Å². The van der Waals surface area contributed by atoms with Crippen molar-refractivity contribution in [1.82, 2.24) is 0 Å². The van der Waals surface area contributed by atoms with Crippen LogP contribution in [0.3, 0.4) is 0 Å². The average molecular weight is 265 g/mol. The first-order valence-electron chi connectivity index (χ1n) is 3.98. The molecule has 0 saturated carbocycles. The molecule has 0 aromatic heterocycles. The number of sulfonamides is 1. The third-order valence-electron chi connectivity index (χ3n) is 1.86. The Bertz CT molecular complexity index is 566. The average Bonchev–Trinajstić information content (AvgIpc) is 2.06. The summed E-state index contributed by atoms with van der Waals surface area (Å²) in [6.07, 6.45) is 0. The molecule has 1 aliphatic rings. The first-order chi connectivity index (χ1) is 6.90. The lowest BCUT2D eigenvalue weighted by Crippen LogP contribution is -2.18. The monoisotopic (exact) mass is 264 g/mol. The fraction of sp³-hybridized carbons (Fsp3) is 0.125. The van der Waals surface area contributed by atoms with Crippen molar-refractivity contribution in [2.45, 2.75) is 11.8 Å². The minimum absolute atomic E-state index is 0.00519. The number of nitrogens with one attached hydrogen (secondary N) is 1. The van der Waals surface area contributed by atoms with Gasteiger partial charge in [0, 0.05) is 5.02 Å². The number of hydrogen-bond acceptors (Lipinski definition) is 3. The van der Waals surface area contributed by atoms with Crippen LogP contribution in [-0.2, 0) is 10.0 Å². The number of halogens is 2. The van der Waals surface area contributed by atoms with E-state index >= 15 is 0 Å². The van der Waals surface area contributed by atoms with E-state index in [0.29, 0.717) is 5.69 Å². The molecule has 0 saturated heterocycles. The molecule has 7 heteroatoms. The topological polar surface area (TPSA) is 58.5 Å². The lowest BCUT2D eigenvalue weighted by atomic mass is 10.3. The largest absolute Gasteiger partial charge is 0.341 e. The van der Waals surface area contributed by atoms with Gasteiger partial charge in [-0.15, -0.1) is 4.40 Å². The fourth-order valence-corrected chi connectivity index (χ4v) is 3.17. The Morgan fingerprint density at radius 3 is 2.67 bits per heavy atom. The molecule has 2 rings (SSSR count). The smallest absolute Gasteiger partial charge is 0.286 e. The lowest BCUT2D eigenvalue weighted by Gasteiger charge is -2.17. The zero-order valence-corrected chi connectivity index (χ0v) is 9.91. The quantitative estimate of drug-likeness (QED) is 0.784. The van der Waals surface area contributed by atoms with Crippen molar-refractivity contribution < 1.29 is 8.42 Å². The van der Waals surface area contributed by atoms with Crippen LogP contribution in [0.5, 0.6) is 0 Å². The standard InChI is InChI=1S/C8H6Cl2N2O2S/c1-4-11-8-6(10)2-5(9)3-7(8)15(13,14)12-4/h2-3H,1H3,(H,11,12). The molecule has 1 aromatic rings. The summed E-state index contributed by atoms with van der Waals surface area (Å²) in [5, 5.41) is 3.31. The summed E-state index contributed by atoms with van der Waals surface area (Å²) in [5.74, 6) is 0.284. The Hall–Kier alpha value is -0.780. The van der Waals surface area contributed by atoms with Gasteiger partial charge in [-0.1, -0.05) is 23.2 Å². The Balaban J connectivity index is 2.80. The van der Waals surface area contributed by atoms with Gasteiger partial charge < -0.3 is 5.32 Å². The van der Waals surface area contributed by atoms with Crippen LogP contribution in [-0.4, -0.2) is 14.3 Å². The Kier molecular flexibility index (Phi) is 2.41. The molecule has 0 aliphatic carbocycles. The molecule has 0 fully saturated rings. The minimum Gasteiger partial charge on any atom is -0.341 e. The summed E-state index contributed by atoms with van der Waals surface area (Å²) >= 11 is 11.6. The number of amidine groups is 1. The van der Waals surface area contributed by atoms with Crippen LogP contribution in [0, 0.1) is 0 Å². The van der Waals surface area contributed by atoms with E-state index in [1.165, 1.54) is 12.1 Å². The van der Waals surface area contributed by atoms with Crippen molar-refractivity contribution in [3.8, 4) is 0 Å². The molecule has 0 radical (unpaired) electrons. The zero-order valence-electron chi connectivity index (χ0n) is 7.58. The maximum Gasteiger partial charge on any atom is 0.286 e. The van der Waals surface area contributed by atoms with Crippen molar-refractivity contribution in [3.63, 3.8) is 0 Å². The highest BCUT2D eigenvalue weighted by atomic mass is 35.5. The summed E-state index contributed by atoms with van der Waals surface area (Å²) < 4.78 is 26.8. The van der Waals surface area contributed by atoms with Crippen LogP contribution in [0.4, 0.5) is 5.69 Å².